The number of nitrogens with two attached hydrogens (primary N) is 2. The van der Waals surface area contributed by atoms with E-state index < -0.39 is 5.91 Å². The minimum absolute atomic E-state index is 0.0304. The van der Waals surface area contributed by atoms with Crippen LogP contribution < -0.4 is 26.8 Å². The number of allylic oxidation sites excluding steroid dienone is 1. The molecule has 6 N–H and O–H groups in total. The summed E-state index contributed by atoms with van der Waals surface area (Å²) in [5, 5.41) is 5.91. The average Bonchev–Trinajstić information content (AvgIpc) is 2.68. The second-order valence-corrected chi connectivity index (χ2v) is 6.28. The molecule has 1 unspecified atom stereocenters. The Morgan fingerprint density at radius 2 is 2.18 bits per heavy atom. The van der Waals surface area contributed by atoms with Crippen LogP contribution in [0.1, 0.15) is 22.1 Å². The lowest BCUT2D eigenvalue weighted by atomic mass is 9.89. The van der Waals surface area contributed by atoms with E-state index in [1.165, 1.54) is 18.6 Å². The van der Waals surface area contributed by atoms with Crippen LogP contribution in [-0.4, -0.2) is 42.3 Å². The fourth-order valence-corrected chi connectivity index (χ4v) is 2.83. The van der Waals surface area contributed by atoms with Crippen LogP contribution in [0.2, 0.25) is 0 Å². The van der Waals surface area contributed by atoms with E-state index in [2.05, 4.69) is 25.6 Å². The molecule has 1 saturated heterocycles. The molecule has 28 heavy (non-hydrogen) atoms. The Labute approximate surface area is 162 Å². The number of nitrogens with one attached hydrogen (secondary N) is 2. The van der Waals surface area contributed by atoms with Crippen molar-refractivity contribution in [3.8, 4) is 5.75 Å². The minimum Gasteiger partial charge on any atom is -0.497 e. The molecule has 0 radical (unpaired) electrons. The van der Waals surface area contributed by atoms with E-state index in [1.54, 1.807) is 13.3 Å². The number of rotatable bonds is 7. The Balaban J connectivity index is 1.77. The molecule has 0 spiro atoms. The van der Waals surface area contributed by atoms with Crippen molar-refractivity contribution in [2.24, 2.45) is 16.6 Å². The van der Waals surface area contributed by atoms with Gasteiger partial charge >= 0.3 is 0 Å². The Bertz CT molecular complexity index is 893. The zero-order valence-electron chi connectivity index (χ0n) is 15.5. The third-order valence-electron chi connectivity index (χ3n) is 4.45. The van der Waals surface area contributed by atoms with E-state index in [9.17, 15) is 4.79 Å². The van der Waals surface area contributed by atoms with Crippen LogP contribution in [-0.2, 0) is 0 Å². The maximum absolute atomic E-state index is 12.4. The van der Waals surface area contributed by atoms with Gasteiger partial charge in [0.15, 0.2) is 11.5 Å². The molecule has 1 aliphatic rings. The topological polar surface area (TPSA) is 141 Å². The minimum atomic E-state index is -0.503. The molecule has 1 amide bonds. The molecule has 146 valence electrons. The molecule has 9 heteroatoms. The summed E-state index contributed by atoms with van der Waals surface area (Å²) in [6, 6.07) is 7.70. The van der Waals surface area contributed by atoms with Crippen LogP contribution in [0.25, 0.3) is 0 Å². The number of nitrogens with zero attached hydrogens (tertiary/aromatic N) is 3. The highest BCUT2D eigenvalue weighted by Gasteiger charge is 2.28. The first-order chi connectivity index (χ1) is 13.6. The van der Waals surface area contributed by atoms with Gasteiger partial charge in [0.2, 0.25) is 0 Å². The molecule has 1 fully saturated rings. The number of ether oxygens (including phenoxy) is 1. The van der Waals surface area contributed by atoms with Crippen molar-refractivity contribution >= 4 is 17.9 Å². The van der Waals surface area contributed by atoms with Gasteiger partial charge in [-0.2, -0.15) is 0 Å². The molecule has 9 nitrogen and oxygen atoms in total. The number of carbonyl (C=O) groups excluding carboxylic acids is 1. The van der Waals surface area contributed by atoms with Gasteiger partial charge in [-0.3, -0.25) is 9.79 Å². The molecule has 1 aliphatic heterocycles. The van der Waals surface area contributed by atoms with E-state index in [0.29, 0.717) is 11.6 Å². The highest BCUT2D eigenvalue weighted by atomic mass is 16.5. The summed E-state index contributed by atoms with van der Waals surface area (Å²) >= 11 is 0. The van der Waals surface area contributed by atoms with Gasteiger partial charge in [-0.25, -0.2) is 9.97 Å². The lowest BCUT2D eigenvalue weighted by Crippen LogP contribution is -2.45. The van der Waals surface area contributed by atoms with E-state index in [4.69, 9.17) is 16.2 Å². The summed E-state index contributed by atoms with van der Waals surface area (Å²) in [7, 11) is 1.63. The molecule has 0 bridgehead atoms. The molecule has 3 rings (SSSR count). The van der Waals surface area contributed by atoms with Gasteiger partial charge in [0.1, 0.15) is 5.75 Å². The first-order valence-corrected chi connectivity index (χ1v) is 8.80. The largest absolute Gasteiger partial charge is 0.497 e. The number of hydrogen-bond acceptors (Lipinski definition) is 8. The molecular weight excluding hydrogens is 358 g/mol. The average molecular weight is 381 g/mol. The monoisotopic (exact) mass is 381 g/mol. The summed E-state index contributed by atoms with van der Waals surface area (Å²) in [5.74, 6) is 0.653. The first-order valence-electron chi connectivity index (χ1n) is 8.80. The third-order valence-corrected chi connectivity index (χ3v) is 4.45. The van der Waals surface area contributed by atoms with Gasteiger partial charge in [-0.1, -0.05) is 12.1 Å². The van der Waals surface area contributed by atoms with E-state index in [-0.39, 0.29) is 17.6 Å². The molecule has 2 heterocycles. The van der Waals surface area contributed by atoms with Crippen molar-refractivity contribution in [2.75, 3.05) is 25.9 Å². The Kier molecular flexibility index (Phi) is 6.18. The van der Waals surface area contributed by atoms with Crippen LogP contribution in [0.3, 0.4) is 0 Å². The predicted molar refractivity (Wildman–Crippen MR) is 107 cm³/mol. The van der Waals surface area contributed by atoms with Gasteiger partial charge < -0.3 is 26.8 Å². The van der Waals surface area contributed by atoms with Crippen LogP contribution in [0.5, 0.6) is 5.75 Å². The summed E-state index contributed by atoms with van der Waals surface area (Å²) in [4.78, 5) is 24.8. The Morgan fingerprint density at radius 3 is 2.82 bits per heavy atom. The van der Waals surface area contributed by atoms with Gasteiger partial charge in [0.25, 0.3) is 5.91 Å². The third kappa shape index (κ3) is 4.44. The quantitative estimate of drug-likeness (QED) is 0.516. The van der Waals surface area contributed by atoms with Crippen molar-refractivity contribution < 1.29 is 9.53 Å². The first kappa shape index (κ1) is 19.3. The second-order valence-electron chi connectivity index (χ2n) is 6.28. The zero-order valence-corrected chi connectivity index (χ0v) is 15.5. The molecule has 2 aromatic rings. The number of methoxy groups -OCH3 is 1. The molecule has 1 aromatic heterocycles. The van der Waals surface area contributed by atoms with Crippen LogP contribution in [0.4, 0.5) is 5.82 Å². The fraction of sp³-hybridized carbons (Fsp3) is 0.263. The summed E-state index contributed by atoms with van der Waals surface area (Å²) in [6.07, 6.45) is 5.63. The van der Waals surface area contributed by atoms with Crippen molar-refractivity contribution in [3.63, 3.8) is 0 Å². The summed E-state index contributed by atoms with van der Waals surface area (Å²) < 4.78 is 5.32. The number of nitrogen functional groups attached to an aromatic ring is 1. The maximum Gasteiger partial charge on any atom is 0.278 e. The van der Waals surface area contributed by atoms with Gasteiger partial charge in [0, 0.05) is 43.8 Å². The van der Waals surface area contributed by atoms with Crippen molar-refractivity contribution in [1.82, 2.24) is 20.6 Å². The Hall–Kier alpha value is -3.46. The molecule has 1 atom stereocenters. The predicted octanol–water partition coefficient (Wildman–Crippen LogP) is 0.629. The van der Waals surface area contributed by atoms with Crippen molar-refractivity contribution in [1.29, 1.82) is 0 Å². The maximum atomic E-state index is 12.4. The zero-order chi connectivity index (χ0) is 19.9. The molecule has 1 aromatic carbocycles. The number of aliphatic imine (C=N–C) groups is 1. The highest BCUT2D eigenvalue weighted by Crippen LogP contribution is 2.30. The molecule has 0 saturated carbocycles. The highest BCUT2D eigenvalue weighted by molar-refractivity contribution is 6.00. The van der Waals surface area contributed by atoms with Gasteiger partial charge in [-0.15, -0.1) is 0 Å². The number of benzene rings is 1. The standard InChI is InChI=1S/C19H23N7O2/c1-28-15-4-2-3-12(7-15)16(13-9-22-10-13)25-11-14(8-20)26-19(27)17-18(21)24-6-5-23-17/h2-8,11,13,16,22H,9-10,20H2,1H3,(H2,21,24)(H,26,27)/b14-8+,25-11?. The molecular formula is C19H23N7O2. The van der Waals surface area contributed by atoms with Crippen molar-refractivity contribution in [3.05, 3.63) is 59.8 Å². The molecule has 0 aliphatic carbocycles. The number of anilines is 1. The van der Waals surface area contributed by atoms with Crippen LogP contribution in [0, 0.1) is 5.92 Å². The Morgan fingerprint density at radius 1 is 1.39 bits per heavy atom. The number of amides is 1. The fourth-order valence-electron chi connectivity index (χ4n) is 2.83. The van der Waals surface area contributed by atoms with E-state index in [0.717, 1.165) is 24.4 Å². The van der Waals surface area contributed by atoms with Crippen LogP contribution in [0.15, 0.2) is 53.5 Å². The normalized spacial score (nSPS) is 15.8. The SMILES string of the molecule is COc1cccc(C(N=C/C(=C\N)NC(=O)c2nccnc2N)C2CNC2)c1. The number of carbonyl (C=O) groups is 1. The van der Waals surface area contributed by atoms with Crippen molar-refractivity contribution in [2.45, 2.75) is 6.04 Å². The number of aromatic nitrogens is 2. The lowest BCUT2D eigenvalue weighted by Gasteiger charge is -2.32. The van der Waals surface area contributed by atoms with Crippen LogP contribution >= 0.6 is 0 Å². The lowest BCUT2D eigenvalue weighted by molar-refractivity contribution is 0.0963. The smallest absolute Gasteiger partial charge is 0.278 e. The van der Waals surface area contributed by atoms with E-state index in [1.807, 2.05) is 24.3 Å². The van der Waals surface area contributed by atoms with Gasteiger partial charge in [-0.05, 0) is 17.7 Å². The summed E-state index contributed by atoms with van der Waals surface area (Å²) in [6.45, 7) is 1.73. The second kappa shape index (κ2) is 8.96. The summed E-state index contributed by atoms with van der Waals surface area (Å²) in [5.41, 5.74) is 12.8. The van der Waals surface area contributed by atoms with Gasteiger partial charge in [0.05, 0.1) is 18.8 Å². The number of hydrogen-bond donors (Lipinski definition) is 4. The van der Waals surface area contributed by atoms with E-state index >= 15 is 0 Å².